The van der Waals surface area contributed by atoms with Gasteiger partial charge in [0.1, 0.15) is 23.4 Å². The van der Waals surface area contributed by atoms with Gasteiger partial charge >= 0.3 is 12.5 Å². The minimum absolute atomic E-state index is 0.0498. The van der Waals surface area contributed by atoms with Gasteiger partial charge in [0, 0.05) is 56.6 Å². The number of alkyl halides is 3. The zero-order valence-corrected chi connectivity index (χ0v) is 36.1. The van der Waals surface area contributed by atoms with Gasteiger partial charge in [-0.25, -0.2) is 14.8 Å². The summed E-state index contributed by atoms with van der Waals surface area (Å²) in [5.74, 6) is -1.63. The van der Waals surface area contributed by atoms with Crippen molar-refractivity contribution in [2.45, 2.75) is 65.3 Å². The second kappa shape index (κ2) is 20.5. The summed E-state index contributed by atoms with van der Waals surface area (Å²) in [5.41, 5.74) is 0.294. The van der Waals surface area contributed by atoms with Crippen molar-refractivity contribution in [3.63, 3.8) is 0 Å². The highest BCUT2D eigenvalue weighted by Gasteiger charge is 2.42. The number of alkyl carbamates (subject to hydrolysis) is 1. The van der Waals surface area contributed by atoms with E-state index >= 15 is 0 Å². The molecule has 3 atom stereocenters. The van der Waals surface area contributed by atoms with Crippen LogP contribution < -0.4 is 26.0 Å². The molecule has 4 amide bonds. The van der Waals surface area contributed by atoms with Crippen LogP contribution in [0.3, 0.4) is 0 Å². The maximum Gasteiger partial charge on any atom is 0.573 e. The number of aromatic amines is 1. The van der Waals surface area contributed by atoms with Gasteiger partial charge in [-0.2, -0.15) is 0 Å². The number of pyridine rings is 1. The molecule has 340 valence electrons. The summed E-state index contributed by atoms with van der Waals surface area (Å²) in [5, 5.41) is 30.3. The Labute approximate surface area is 366 Å². The third kappa shape index (κ3) is 11.9. The molecule has 1 aliphatic heterocycles. The third-order valence-electron chi connectivity index (χ3n) is 10.3. The summed E-state index contributed by atoms with van der Waals surface area (Å²) in [6, 6.07) is 9.79. The highest BCUT2D eigenvalue weighted by molar-refractivity contribution is 6.34. The third-order valence-corrected chi connectivity index (χ3v) is 10.6. The quantitative estimate of drug-likeness (QED) is 0.0638. The minimum atomic E-state index is -5.11. The summed E-state index contributed by atoms with van der Waals surface area (Å²) in [4.78, 5) is 64.8. The SMILES string of the molecule is COC(=O)N[C@H](C(=O)N1C[C@@H](OC)C[C@H]1c1nc(-c2ccc(-c3cc(Cl)c(NC(=O)c4ccc(NCCNC(=O)C(C)(C)CO)nc4)cc3OC(F)(F)F)cc2)c(CO)[nH]1)C(C)C. The summed E-state index contributed by atoms with van der Waals surface area (Å²) in [7, 11) is 2.72. The molecule has 63 heavy (non-hydrogen) atoms. The number of rotatable bonds is 17. The predicted octanol–water partition coefficient (Wildman–Crippen LogP) is 5.65. The average molecular weight is 903 g/mol. The Morgan fingerprint density at radius 3 is 2.30 bits per heavy atom. The van der Waals surface area contributed by atoms with E-state index in [9.17, 15) is 42.6 Å². The first-order valence-electron chi connectivity index (χ1n) is 19.8. The van der Waals surface area contributed by atoms with Crippen molar-refractivity contribution < 1.29 is 56.8 Å². The highest BCUT2D eigenvalue weighted by atomic mass is 35.5. The lowest BCUT2D eigenvalue weighted by molar-refractivity contribution is -0.274. The normalized spacial score (nSPS) is 15.8. The largest absolute Gasteiger partial charge is 0.573 e. The summed E-state index contributed by atoms with van der Waals surface area (Å²) in [6.45, 7) is 6.74. The van der Waals surface area contributed by atoms with E-state index in [0.717, 1.165) is 6.07 Å². The molecule has 0 bridgehead atoms. The highest BCUT2D eigenvalue weighted by Crippen LogP contribution is 2.41. The maximum atomic E-state index is 13.8. The molecule has 1 saturated heterocycles. The van der Waals surface area contributed by atoms with Gasteiger partial charge in [-0.3, -0.25) is 14.4 Å². The lowest BCUT2D eigenvalue weighted by atomic mass is 9.94. The number of carbonyl (C=O) groups excluding carboxylic acids is 4. The van der Waals surface area contributed by atoms with Gasteiger partial charge in [0.05, 0.1) is 65.5 Å². The number of aliphatic hydroxyl groups is 2. The molecule has 0 radical (unpaired) electrons. The summed E-state index contributed by atoms with van der Waals surface area (Å²) < 4.78 is 56.0. The van der Waals surface area contributed by atoms with E-state index in [1.807, 2.05) is 0 Å². The van der Waals surface area contributed by atoms with Crippen LogP contribution in [-0.4, -0.2) is 113 Å². The van der Waals surface area contributed by atoms with Gasteiger partial charge in [-0.1, -0.05) is 49.7 Å². The molecule has 2 aromatic heterocycles. The van der Waals surface area contributed by atoms with Crippen molar-refractivity contribution >= 4 is 46.9 Å². The first-order chi connectivity index (χ1) is 29.8. The van der Waals surface area contributed by atoms with Crippen LogP contribution >= 0.6 is 11.6 Å². The van der Waals surface area contributed by atoms with Crippen LogP contribution in [-0.2, 0) is 25.7 Å². The average Bonchev–Trinajstić information content (AvgIpc) is 3.89. The fraction of sp³-hybridized carbons (Fsp3) is 0.429. The number of ether oxygens (including phenoxy) is 3. The molecular formula is C42H50ClF3N8O9. The molecule has 1 aliphatic rings. The van der Waals surface area contributed by atoms with Gasteiger partial charge in [-0.15, -0.1) is 13.2 Å². The summed E-state index contributed by atoms with van der Waals surface area (Å²) in [6.07, 6.45) is -4.62. The fourth-order valence-corrected chi connectivity index (χ4v) is 6.90. The van der Waals surface area contributed by atoms with Gasteiger partial charge in [-0.05, 0) is 43.5 Å². The van der Waals surface area contributed by atoms with E-state index in [1.54, 1.807) is 44.7 Å². The first-order valence-corrected chi connectivity index (χ1v) is 20.1. The lowest BCUT2D eigenvalue weighted by Crippen LogP contribution is -2.51. The molecule has 1 fully saturated rings. The number of aliphatic hydroxyl groups excluding tert-OH is 2. The van der Waals surface area contributed by atoms with Crippen molar-refractivity contribution in [2.24, 2.45) is 11.3 Å². The van der Waals surface area contributed by atoms with Crippen molar-refractivity contribution in [3.05, 3.63) is 76.8 Å². The molecular weight excluding hydrogens is 853 g/mol. The monoisotopic (exact) mass is 902 g/mol. The zero-order valence-electron chi connectivity index (χ0n) is 35.4. The second-order valence-corrected chi connectivity index (χ2v) is 16.0. The number of anilines is 2. The van der Waals surface area contributed by atoms with Gasteiger partial charge in [0.25, 0.3) is 5.91 Å². The van der Waals surface area contributed by atoms with Gasteiger partial charge in [0.2, 0.25) is 11.8 Å². The molecule has 0 saturated carbocycles. The molecule has 21 heteroatoms. The van der Waals surface area contributed by atoms with Crippen LogP contribution in [0.2, 0.25) is 5.02 Å². The molecule has 0 aliphatic carbocycles. The van der Waals surface area contributed by atoms with Crippen LogP contribution in [0.1, 0.15) is 62.0 Å². The molecule has 5 rings (SSSR count). The molecule has 4 aromatic rings. The number of methoxy groups -OCH3 is 2. The maximum absolute atomic E-state index is 13.8. The Kier molecular flexibility index (Phi) is 15.6. The van der Waals surface area contributed by atoms with Crippen LogP contribution in [0, 0.1) is 11.3 Å². The Morgan fingerprint density at radius 1 is 1.02 bits per heavy atom. The fourth-order valence-electron chi connectivity index (χ4n) is 6.69. The number of hydrogen-bond acceptors (Lipinski definition) is 12. The van der Waals surface area contributed by atoms with E-state index in [0.29, 0.717) is 41.6 Å². The Morgan fingerprint density at radius 2 is 1.71 bits per heavy atom. The smallest absolute Gasteiger partial charge is 0.453 e. The number of aromatic nitrogens is 3. The summed E-state index contributed by atoms with van der Waals surface area (Å²) >= 11 is 6.54. The Balaban J connectivity index is 1.34. The standard InChI is InChI=1S/C42H50ClF3N8O9/c1-22(2)34(53-40(60)62-6)38(58)54-19-26(61-5)15-31(54)36-50-30(20-55)35(52-36)24-9-7-23(8-10-24)27-16-28(43)29(17-32(27)63-42(44,45)46)51-37(57)25-11-12-33(49-18-25)47-13-14-48-39(59)41(3,4)21-56/h7-12,16-18,22,26,31,34,55-56H,13-15,19-21H2,1-6H3,(H,47,49)(H,48,59)(H,50,52)(H,51,57)(H,53,60)/t26-,31-,34-/m0/s1. The van der Waals surface area contributed by atoms with Crippen molar-refractivity contribution in [3.8, 4) is 28.1 Å². The van der Waals surface area contributed by atoms with Crippen LogP contribution in [0.15, 0.2) is 54.7 Å². The number of hydrogen-bond donors (Lipinski definition) is 7. The molecule has 2 aromatic carbocycles. The number of nitrogens with one attached hydrogen (secondary N) is 5. The molecule has 0 unspecified atom stereocenters. The Bertz CT molecular complexity index is 2260. The molecule has 0 spiro atoms. The van der Waals surface area contributed by atoms with Crippen LogP contribution in [0.25, 0.3) is 22.4 Å². The number of halogens is 4. The van der Waals surface area contributed by atoms with Crippen molar-refractivity contribution in [2.75, 3.05) is 51.1 Å². The lowest BCUT2D eigenvalue weighted by Gasteiger charge is -2.29. The van der Waals surface area contributed by atoms with Crippen LogP contribution in [0.5, 0.6) is 5.75 Å². The minimum Gasteiger partial charge on any atom is -0.453 e. The number of H-pyrrole nitrogens is 1. The van der Waals surface area contributed by atoms with Crippen LogP contribution in [0.4, 0.5) is 29.5 Å². The number of benzene rings is 2. The van der Waals surface area contributed by atoms with E-state index in [2.05, 4.69) is 36.0 Å². The number of likely N-dealkylation sites (tertiary alicyclic amines) is 1. The van der Waals surface area contributed by atoms with E-state index in [1.165, 1.54) is 50.7 Å². The molecule has 3 heterocycles. The van der Waals surface area contributed by atoms with E-state index in [-0.39, 0.29) is 70.9 Å². The molecule has 7 N–H and O–H groups in total. The Hall–Kier alpha value is -5.96. The van der Waals surface area contributed by atoms with Gasteiger partial charge < -0.3 is 55.6 Å². The number of amides is 4. The second-order valence-electron chi connectivity index (χ2n) is 15.6. The van der Waals surface area contributed by atoms with E-state index in [4.69, 9.17) is 26.1 Å². The van der Waals surface area contributed by atoms with Gasteiger partial charge in [0.15, 0.2) is 0 Å². The first kappa shape index (κ1) is 48.1. The molecule has 17 nitrogen and oxygen atoms in total. The zero-order chi connectivity index (χ0) is 46.2. The predicted molar refractivity (Wildman–Crippen MR) is 226 cm³/mol. The van der Waals surface area contributed by atoms with Crippen molar-refractivity contribution in [1.82, 2.24) is 30.5 Å². The topological polar surface area (TPSA) is 229 Å². The number of imidazole rings is 1. The van der Waals surface area contributed by atoms with Crippen molar-refractivity contribution in [1.29, 1.82) is 0 Å². The number of nitrogens with zero attached hydrogens (tertiary/aromatic N) is 3. The number of carbonyl (C=O) groups is 4. The van der Waals surface area contributed by atoms with E-state index < -0.39 is 48.2 Å².